The van der Waals surface area contributed by atoms with E-state index in [4.69, 9.17) is 10.5 Å². The van der Waals surface area contributed by atoms with Crippen LogP contribution in [-0.2, 0) is 6.42 Å². The van der Waals surface area contributed by atoms with Gasteiger partial charge in [-0.05, 0) is 41.2 Å². The Bertz CT molecular complexity index is 732. The lowest BCUT2D eigenvalue weighted by Gasteiger charge is -2.27. The van der Waals surface area contributed by atoms with E-state index >= 15 is 0 Å². The van der Waals surface area contributed by atoms with Crippen LogP contribution in [-0.4, -0.2) is 5.78 Å². The second-order valence-electron chi connectivity index (χ2n) is 6.47. The van der Waals surface area contributed by atoms with Gasteiger partial charge in [-0.3, -0.25) is 4.79 Å². The normalized spacial score (nSPS) is 17.0. The first-order valence-electron chi connectivity index (χ1n) is 8.21. The summed E-state index contributed by atoms with van der Waals surface area (Å²) in [7, 11) is 0. The Kier molecular flexibility index (Phi) is 4.12. The largest absolute Gasteiger partial charge is 0.482 e. The van der Waals surface area contributed by atoms with Gasteiger partial charge >= 0.3 is 0 Å². The summed E-state index contributed by atoms with van der Waals surface area (Å²) in [6, 6.07) is 12.1. The highest BCUT2D eigenvalue weighted by atomic mass is 16.5. The Labute approximate surface area is 137 Å². The van der Waals surface area contributed by atoms with Gasteiger partial charge < -0.3 is 10.5 Å². The molecule has 0 spiro atoms. The third-order valence-electron chi connectivity index (χ3n) is 4.50. The van der Waals surface area contributed by atoms with Crippen LogP contribution in [0.3, 0.4) is 0 Å². The van der Waals surface area contributed by atoms with E-state index in [0.717, 1.165) is 17.5 Å². The van der Waals surface area contributed by atoms with Crippen LogP contribution in [0.5, 0.6) is 5.75 Å². The van der Waals surface area contributed by atoms with Gasteiger partial charge in [-0.25, -0.2) is 0 Å². The molecule has 3 rings (SSSR count). The molecule has 0 amide bonds. The first-order valence-corrected chi connectivity index (χ1v) is 8.21. The fourth-order valence-corrected chi connectivity index (χ4v) is 2.96. The van der Waals surface area contributed by atoms with E-state index in [9.17, 15) is 4.79 Å². The zero-order valence-corrected chi connectivity index (χ0v) is 13.9. The fourth-order valence-electron chi connectivity index (χ4n) is 2.96. The zero-order chi connectivity index (χ0) is 16.6. The fraction of sp³-hybridized carbons (Fsp3) is 0.350. The SMILES string of the molecule is CCc1ccc(C2CC(=O)c3cc(C(C)C)cc(N)c3O2)cc1. The van der Waals surface area contributed by atoms with Crippen molar-refractivity contribution in [2.75, 3.05) is 5.73 Å². The van der Waals surface area contributed by atoms with Crippen molar-refractivity contribution in [2.45, 2.75) is 45.6 Å². The highest BCUT2D eigenvalue weighted by Gasteiger charge is 2.29. The summed E-state index contributed by atoms with van der Waals surface area (Å²) < 4.78 is 6.08. The lowest BCUT2D eigenvalue weighted by molar-refractivity contribution is 0.0851. The number of anilines is 1. The van der Waals surface area contributed by atoms with Crippen LogP contribution in [0.1, 0.15) is 66.3 Å². The number of Topliss-reactive ketones (excluding diaryl/α,β-unsaturated/α-hetero) is 1. The van der Waals surface area contributed by atoms with Gasteiger partial charge in [0.05, 0.1) is 17.7 Å². The second-order valence-corrected chi connectivity index (χ2v) is 6.47. The minimum atomic E-state index is -0.256. The Hall–Kier alpha value is -2.29. The molecular weight excluding hydrogens is 286 g/mol. The molecule has 3 nitrogen and oxygen atoms in total. The number of hydrogen-bond acceptors (Lipinski definition) is 3. The lowest BCUT2D eigenvalue weighted by Crippen LogP contribution is -2.21. The maximum absolute atomic E-state index is 12.6. The average Bonchev–Trinajstić information content (AvgIpc) is 2.55. The molecule has 120 valence electrons. The molecule has 23 heavy (non-hydrogen) atoms. The first kappa shape index (κ1) is 15.6. The van der Waals surface area contributed by atoms with Crippen LogP contribution in [0.4, 0.5) is 5.69 Å². The molecule has 2 aromatic carbocycles. The topological polar surface area (TPSA) is 52.3 Å². The molecule has 1 aliphatic rings. The van der Waals surface area contributed by atoms with Gasteiger partial charge in [0.1, 0.15) is 6.10 Å². The molecule has 0 fully saturated rings. The number of ether oxygens (including phenoxy) is 1. The molecule has 0 saturated heterocycles. The van der Waals surface area contributed by atoms with E-state index in [-0.39, 0.29) is 11.9 Å². The number of carbonyl (C=O) groups is 1. The Morgan fingerprint density at radius 3 is 2.52 bits per heavy atom. The molecule has 1 heterocycles. The quantitative estimate of drug-likeness (QED) is 0.839. The number of carbonyl (C=O) groups excluding carboxylic acids is 1. The van der Waals surface area contributed by atoms with Gasteiger partial charge in [-0.15, -0.1) is 0 Å². The number of hydrogen-bond donors (Lipinski definition) is 1. The molecular formula is C20H23NO2. The van der Waals surface area contributed by atoms with Crippen molar-refractivity contribution in [1.29, 1.82) is 0 Å². The van der Waals surface area contributed by atoms with Crippen molar-refractivity contribution in [3.63, 3.8) is 0 Å². The van der Waals surface area contributed by atoms with Gasteiger partial charge in [0, 0.05) is 0 Å². The molecule has 1 atom stereocenters. The maximum Gasteiger partial charge on any atom is 0.170 e. The average molecular weight is 309 g/mol. The highest BCUT2D eigenvalue weighted by molar-refractivity contribution is 6.02. The Balaban J connectivity index is 1.95. The van der Waals surface area contributed by atoms with E-state index < -0.39 is 0 Å². The van der Waals surface area contributed by atoms with E-state index in [1.165, 1.54) is 5.56 Å². The second kappa shape index (κ2) is 6.07. The highest BCUT2D eigenvalue weighted by Crippen LogP contribution is 2.40. The zero-order valence-electron chi connectivity index (χ0n) is 13.9. The van der Waals surface area contributed by atoms with E-state index in [0.29, 0.717) is 29.3 Å². The summed E-state index contributed by atoms with van der Waals surface area (Å²) >= 11 is 0. The van der Waals surface area contributed by atoms with E-state index in [1.54, 1.807) is 0 Å². The first-order chi connectivity index (χ1) is 11.0. The number of nitrogens with two attached hydrogens (primary N) is 1. The van der Waals surface area contributed by atoms with E-state index in [1.807, 2.05) is 24.3 Å². The van der Waals surface area contributed by atoms with E-state index in [2.05, 4.69) is 32.9 Å². The van der Waals surface area contributed by atoms with Crippen molar-refractivity contribution in [2.24, 2.45) is 0 Å². The number of rotatable bonds is 3. The third kappa shape index (κ3) is 2.96. The van der Waals surface area contributed by atoms with Crippen LogP contribution in [0, 0.1) is 0 Å². The molecule has 0 radical (unpaired) electrons. The maximum atomic E-state index is 12.6. The van der Waals surface area contributed by atoms with Crippen molar-refractivity contribution >= 4 is 11.5 Å². The van der Waals surface area contributed by atoms with Crippen molar-refractivity contribution in [1.82, 2.24) is 0 Å². The summed E-state index contributed by atoms with van der Waals surface area (Å²) in [4.78, 5) is 12.6. The van der Waals surface area contributed by atoms with Crippen LogP contribution in [0.15, 0.2) is 36.4 Å². The van der Waals surface area contributed by atoms with Gasteiger partial charge in [0.2, 0.25) is 0 Å². The lowest BCUT2D eigenvalue weighted by atomic mass is 9.91. The van der Waals surface area contributed by atoms with Crippen LogP contribution < -0.4 is 10.5 Å². The number of benzene rings is 2. The minimum Gasteiger partial charge on any atom is -0.482 e. The molecule has 0 saturated carbocycles. The van der Waals surface area contributed by atoms with Gasteiger partial charge in [0.15, 0.2) is 11.5 Å². The number of ketones is 1. The minimum absolute atomic E-state index is 0.102. The third-order valence-corrected chi connectivity index (χ3v) is 4.50. The number of nitrogen functional groups attached to an aromatic ring is 1. The standard InChI is InChI=1S/C20H23NO2/c1-4-13-5-7-14(8-6-13)19-11-18(22)16-9-15(12(2)3)10-17(21)20(16)23-19/h5-10,12,19H,4,11,21H2,1-3H3. The monoisotopic (exact) mass is 309 g/mol. The van der Waals surface area contributed by atoms with Crippen molar-refractivity contribution in [3.8, 4) is 5.75 Å². The predicted molar refractivity (Wildman–Crippen MR) is 93.1 cm³/mol. The molecule has 0 aliphatic carbocycles. The van der Waals surface area contributed by atoms with Crippen LogP contribution in [0.25, 0.3) is 0 Å². The predicted octanol–water partition coefficient (Wildman–Crippen LogP) is 4.66. The number of fused-ring (bicyclic) bond motifs is 1. The molecule has 0 bridgehead atoms. The van der Waals surface area contributed by atoms with Crippen LogP contribution >= 0.6 is 0 Å². The smallest absolute Gasteiger partial charge is 0.170 e. The summed E-state index contributed by atoms with van der Waals surface area (Å²) in [5, 5.41) is 0. The Morgan fingerprint density at radius 1 is 1.22 bits per heavy atom. The van der Waals surface area contributed by atoms with Gasteiger partial charge in [-0.2, -0.15) is 0 Å². The Morgan fingerprint density at radius 2 is 1.91 bits per heavy atom. The van der Waals surface area contributed by atoms with Gasteiger partial charge in [0.25, 0.3) is 0 Å². The molecule has 3 heteroatoms. The number of aryl methyl sites for hydroxylation is 1. The molecule has 2 aromatic rings. The summed E-state index contributed by atoms with van der Waals surface area (Å²) in [6.45, 7) is 6.31. The summed E-state index contributed by atoms with van der Waals surface area (Å²) in [6.07, 6.45) is 1.10. The summed E-state index contributed by atoms with van der Waals surface area (Å²) in [5.41, 5.74) is 10.7. The molecule has 2 N–H and O–H groups in total. The molecule has 1 aliphatic heterocycles. The molecule has 0 aromatic heterocycles. The summed E-state index contributed by atoms with van der Waals surface area (Å²) in [5.74, 6) is 0.968. The van der Waals surface area contributed by atoms with Gasteiger partial charge in [-0.1, -0.05) is 45.0 Å². The van der Waals surface area contributed by atoms with Crippen molar-refractivity contribution in [3.05, 3.63) is 58.7 Å². The molecule has 1 unspecified atom stereocenters. The van der Waals surface area contributed by atoms with Crippen molar-refractivity contribution < 1.29 is 9.53 Å². The van der Waals surface area contributed by atoms with Crippen LogP contribution in [0.2, 0.25) is 0 Å².